The average molecular weight is 269 g/mol. The van der Waals surface area contributed by atoms with Crippen LogP contribution in [0.1, 0.15) is 19.3 Å². The number of hydrogen-bond acceptors (Lipinski definition) is 2. The maximum atomic E-state index is 12.2. The van der Waals surface area contributed by atoms with Crippen molar-refractivity contribution in [2.45, 2.75) is 19.3 Å². The van der Waals surface area contributed by atoms with E-state index in [9.17, 15) is 4.79 Å². The minimum Gasteiger partial charge on any atom is -0.307 e. The third-order valence-electron chi connectivity index (χ3n) is 3.61. The lowest BCUT2D eigenvalue weighted by Crippen LogP contribution is -2.44. The van der Waals surface area contributed by atoms with Crippen molar-refractivity contribution in [1.29, 1.82) is 0 Å². The van der Waals surface area contributed by atoms with Crippen LogP contribution in [0.25, 0.3) is 10.8 Å². The quantitative estimate of drug-likeness (QED) is 0.833. The fourth-order valence-electron chi connectivity index (χ4n) is 2.50. The summed E-state index contributed by atoms with van der Waals surface area (Å²) in [4.78, 5) is 12.2. The molecule has 0 unspecified atom stereocenters. The van der Waals surface area contributed by atoms with E-state index in [4.69, 9.17) is 0 Å². The maximum Gasteiger partial charge on any atom is 0.336 e. The zero-order valence-corrected chi connectivity index (χ0v) is 11.4. The molecule has 0 atom stereocenters. The number of fused-ring (bicyclic) bond motifs is 1. The molecular formula is C16H19N3O. The van der Waals surface area contributed by atoms with Gasteiger partial charge in [0, 0.05) is 18.8 Å². The Hall–Kier alpha value is -2.07. The van der Waals surface area contributed by atoms with Crippen molar-refractivity contribution in [2.75, 3.05) is 18.4 Å². The molecule has 0 saturated carbocycles. The molecule has 1 fully saturated rings. The van der Waals surface area contributed by atoms with E-state index >= 15 is 0 Å². The summed E-state index contributed by atoms with van der Waals surface area (Å²) in [7, 11) is 0. The van der Waals surface area contributed by atoms with Gasteiger partial charge in [-0.15, -0.1) is 0 Å². The highest BCUT2D eigenvalue weighted by atomic mass is 16.2. The van der Waals surface area contributed by atoms with Gasteiger partial charge < -0.3 is 5.32 Å². The largest absolute Gasteiger partial charge is 0.336 e. The zero-order chi connectivity index (χ0) is 13.8. The first-order valence-corrected chi connectivity index (χ1v) is 7.14. The van der Waals surface area contributed by atoms with Crippen molar-refractivity contribution in [2.24, 2.45) is 0 Å². The summed E-state index contributed by atoms with van der Waals surface area (Å²) in [5.41, 5.74) is 3.99. The number of benzene rings is 2. The summed E-state index contributed by atoms with van der Waals surface area (Å²) < 4.78 is 0. The Morgan fingerprint density at radius 2 is 1.90 bits per heavy atom. The molecule has 2 aromatic rings. The standard InChI is InChI=1S/C16H19N3O/c20-16(19-11-5-1-4-10-17-19)18-15-9-8-13-6-2-3-7-14(13)12-15/h2-3,6-9,12,17H,1,4-5,10-11H2,(H,18,20). The first-order valence-electron chi connectivity index (χ1n) is 7.14. The molecule has 2 N–H and O–H groups in total. The zero-order valence-electron chi connectivity index (χ0n) is 11.4. The maximum absolute atomic E-state index is 12.2. The van der Waals surface area contributed by atoms with Crippen LogP contribution < -0.4 is 10.7 Å². The fraction of sp³-hybridized carbons (Fsp3) is 0.312. The van der Waals surface area contributed by atoms with Crippen LogP contribution in [0.15, 0.2) is 42.5 Å². The van der Waals surface area contributed by atoms with E-state index in [0.717, 1.165) is 37.0 Å². The molecule has 1 aliphatic rings. The van der Waals surface area contributed by atoms with Crippen molar-refractivity contribution in [3.8, 4) is 0 Å². The molecule has 3 rings (SSSR count). The molecule has 20 heavy (non-hydrogen) atoms. The molecular weight excluding hydrogens is 250 g/mol. The summed E-state index contributed by atoms with van der Waals surface area (Å²) in [5.74, 6) is 0. The van der Waals surface area contributed by atoms with Crippen LogP contribution >= 0.6 is 0 Å². The Kier molecular flexibility index (Phi) is 3.83. The molecule has 104 valence electrons. The van der Waals surface area contributed by atoms with Gasteiger partial charge in [0.1, 0.15) is 0 Å². The van der Waals surface area contributed by atoms with E-state index in [1.165, 1.54) is 11.8 Å². The number of hydrogen-bond donors (Lipinski definition) is 2. The number of carbonyl (C=O) groups excluding carboxylic acids is 1. The summed E-state index contributed by atoms with van der Waals surface area (Å²) in [6.45, 7) is 1.63. The molecule has 2 amide bonds. The second kappa shape index (κ2) is 5.92. The van der Waals surface area contributed by atoms with Gasteiger partial charge in [-0.2, -0.15) is 0 Å². The average Bonchev–Trinajstić information content (AvgIpc) is 2.76. The van der Waals surface area contributed by atoms with Gasteiger partial charge in [0.25, 0.3) is 0 Å². The summed E-state index contributed by atoms with van der Waals surface area (Å²) >= 11 is 0. The van der Waals surface area contributed by atoms with Gasteiger partial charge in [0.15, 0.2) is 0 Å². The van der Waals surface area contributed by atoms with Crippen LogP contribution in [0.3, 0.4) is 0 Å². The third-order valence-corrected chi connectivity index (χ3v) is 3.61. The van der Waals surface area contributed by atoms with E-state index in [-0.39, 0.29) is 6.03 Å². The minimum absolute atomic E-state index is 0.0813. The van der Waals surface area contributed by atoms with Crippen LogP contribution in [0.2, 0.25) is 0 Å². The second-order valence-electron chi connectivity index (χ2n) is 5.11. The predicted octanol–water partition coefficient (Wildman–Crippen LogP) is 3.36. The van der Waals surface area contributed by atoms with Crippen molar-refractivity contribution in [3.63, 3.8) is 0 Å². The third kappa shape index (κ3) is 2.91. The van der Waals surface area contributed by atoms with E-state index in [0.29, 0.717) is 0 Å². The van der Waals surface area contributed by atoms with Gasteiger partial charge in [-0.1, -0.05) is 36.8 Å². The summed E-state index contributed by atoms with van der Waals surface area (Å²) in [5, 5.41) is 6.95. The highest BCUT2D eigenvalue weighted by Crippen LogP contribution is 2.19. The first-order chi connectivity index (χ1) is 9.83. The monoisotopic (exact) mass is 269 g/mol. The number of nitrogens with one attached hydrogen (secondary N) is 2. The lowest BCUT2D eigenvalue weighted by atomic mass is 10.1. The predicted molar refractivity (Wildman–Crippen MR) is 81.5 cm³/mol. The highest BCUT2D eigenvalue weighted by Gasteiger charge is 2.15. The number of carbonyl (C=O) groups is 1. The van der Waals surface area contributed by atoms with Crippen LogP contribution in [-0.4, -0.2) is 24.1 Å². The van der Waals surface area contributed by atoms with E-state index < -0.39 is 0 Å². The molecule has 2 aromatic carbocycles. The molecule has 1 aliphatic heterocycles. The summed E-state index contributed by atoms with van der Waals surface area (Å²) in [6.07, 6.45) is 3.35. The Bertz CT molecular complexity index is 603. The Morgan fingerprint density at radius 1 is 1.05 bits per heavy atom. The molecule has 0 spiro atoms. The normalized spacial score (nSPS) is 15.9. The molecule has 1 heterocycles. The van der Waals surface area contributed by atoms with Gasteiger partial charge in [0.05, 0.1) is 0 Å². The minimum atomic E-state index is -0.0813. The van der Waals surface area contributed by atoms with E-state index in [2.05, 4.69) is 22.9 Å². The number of urea groups is 1. The smallest absolute Gasteiger partial charge is 0.307 e. The topological polar surface area (TPSA) is 44.4 Å². The number of hydrazine groups is 1. The molecule has 0 aliphatic carbocycles. The molecule has 4 nitrogen and oxygen atoms in total. The molecule has 1 saturated heterocycles. The van der Waals surface area contributed by atoms with Crippen molar-refractivity contribution < 1.29 is 4.79 Å². The Labute approximate surface area is 118 Å². The van der Waals surface area contributed by atoms with Gasteiger partial charge in [-0.3, -0.25) is 5.01 Å². The van der Waals surface area contributed by atoms with Crippen LogP contribution in [-0.2, 0) is 0 Å². The number of amides is 2. The fourth-order valence-corrected chi connectivity index (χ4v) is 2.50. The molecule has 0 radical (unpaired) electrons. The van der Waals surface area contributed by atoms with E-state index in [1.807, 2.05) is 30.3 Å². The molecule has 0 bridgehead atoms. The summed E-state index contributed by atoms with van der Waals surface area (Å²) in [6, 6.07) is 14.0. The number of nitrogens with zero attached hydrogens (tertiary/aromatic N) is 1. The Balaban J connectivity index is 1.73. The van der Waals surface area contributed by atoms with Crippen molar-refractivity contribution in [3.05, 3.63) is 42.5 Å². The van der Waals surface area contributed by atoms with Crippen LogP contribution in [0, 0.1) is 0 Å². The number of rotatable bonds is 1. The van der Waals surface area contributed by atoms with E-state index in [1.54, 1.807) is 5.01 Å². The number of anilines is 1. The highest BCUT2D eigenvalue weighted by molar-refractivity contribution is 5.93. The molecule has 4 heteroatoms. The first kappa shape index (κ1) is 12.9. The Morgan fingerprint density at radius 3 is 2.80 bits per heavy atom. The van der Waals surface area contributed by atoms with Gasteiger partial charge in [-0.25, -0.2) is 10.2 Å². The SMILES string of the molecule is O=C(Nc1ccc2ccccc2c1)N1CCCCCN1. The van der Waals surface area contributed by atoms with Crippen molar-refractivity contribution in [1.82, 2.24) is 10.4 Å². The van der Waals surface area contributed by atoms with Gasteiger partial charge >= 0.3 is 6.03 Å². The van der Waals surface area contributed by atoms with Crippen molar-refractivity contribution >= 4 is 22.5 Å². The van der Waals surface area contributed by atoms with Crippen LogP contribution in [0.5, 0.6) is 0 Å². The second-order valence-corrected chi connectivity index (χ2v) is 5.11. The van der Waals surface area contributed by atoms with Gasteiger partial charge in [0.2, 0.25) is 0 Å². The lowest BCUT2D eigenvalue weighted by molar-refractivity contribution is 0.189. The molecule has 0 aromatic heterocycles. The van der Waals surface area contributed by atoms with Gasteiger partial charge in [-0.05, 0) is 35.7 Å². The lowest BCUT2D eigenvalue weighted by Gasteiger charge is -2.21. The van der Waals surface area contributed by atoms with Crippen LogP contribution in [0.4, 0.5) is 10.5 Å².